The highest BCUT2D eigenvalue weighted by Gasteiger charge is 2.39. The van der Waals surface area contributed by atoms with E-state index in [2.05, 4.69) is 0 Å². The number of hydrogen-bond acceptors (Lipinski definition) is 2. The fraction of sp³-hybridized carbons (Fsp3) is 0.400. The number of allylic oxidation sites excluding steroid dienone is 3. The molecule has 1 N–H and O–H groups in total. The van der Waals surface area contributed by atoms with E-state index in [0.29, 0.717) is 11.8 Å². The van der Waals surface area contributed by atoms with Crippen LogP contribution in [0.3, 0.4) is 0 Å². The molecule has 140 valence electrons. The lowest BCUT2D eigenvalue weighted by molar-refractivity contribution is -0.131. The molecule has 0 aromatic heterocycles. The van der Waals surface area contributed by atoms with Gasteiger partial charge >= 0.3 is 12.1 Å². The molecule has 0 heterocycles. The summed E-state index contributed by atoms with van der Waals surface area (Å²) >= 11 is 0. The molecule has 26 heavy (non-hydrogen) atoms. The van der Waals surface area contributed by atoms with E-state index in [1.54, 1.807) is 18.2 Å². The Morgan fingerprint density at radius 3 is 2.19 bits per heavy atom. The topological polar surface area (TPSA) is 54.4 Å². The number of Topliss-reactive ketones (excluding diaryl/α,β-unsaturated/α-hetero) is 1. The van der Waals surface area contributed by atoms with Crippen molar-refractivity contribution in [2.45, 2.75) is 44.2 Å². The van der Waals surface area contributed by atoms with Crippen LogP contribution in [0.15, 0.2) is 48.6 Å². The number of alkyl halides is 3. The Labute approximate surface area is 150 Å². The Hall–Kier alpha value is -2.37. The zero-order valence-corrected chi connectivity index (χ0v) is 14.2. The Bertz CT molecular complexity index is 679. The highest BCUT2D eigenvalue weighted by molar-refractivity contribution is 6.00. The second-order valence-electron chi connectivity index (χ2n) is 6.53. The van der Waals surface area contributed by atoms with Crippen LogP contribution in [0.25, 0.3) is 0 Å². The zero-order chi connectivity index (χ0) is 19.2. The average molecular weight is 366 g/mol. The number of carbonyl (C=O) groups excluding carboxylic acids is 1. The lowest BCUT2D eigenvalue weighted by Gasteiger charge is -2.28. The van der Waals surface area contributed by atoms with E-state index < -0.39 is 17.9 Å². The van der Waals surface area contributed by atoms with Crippen molar-refractivity contribution in [3.05, 3.63) is 59.7 Å². The summed E-state index contributed by atoms with van der Waals surface area (Å²) in [5, 5.41) is 8.49. The molecule has 1 aromatic rings. The van der Waals surface area contributed by atoms with E-state index in [4.69, 9.17) is 5.11 Å². The van der Waals surface area contributed by atoms with Gasteiger partial charge in [0.25, 0.3) is 5.78 Å². The van der Waals surface area contributed by atoms with Crippen molar-refractivity contribution in [2.24, 2.45) is 5.92 Å². The first-order valence-electron chi connectivity index (χ1n) is 8.55. The van der Waals surface area contributed by atoms with E-state index in [0.717, 1.165) is 43.7 Å². The van der Waals surface area contributed by atoms with E-state index in [1.807, 2.05) is 6.08 Å². The number of carbonyl (C=O) groups is 2. The molecule has 0 saturated heterocycles. The minimum atomic E-state index is -4.84. The summed E-state index contributed by atoms with van der Waals surface area (Å²) in [6.07, 6.45) is 6.26. The third-order valence-electron chi connectivity index (χ3n) is 4.70. The van der Waals surface area contributed by atoms with Crippen molar-refractivity contribution in [3.8, 4) is 0 Å². The molecule has 0 unspecified atom stereocenters. The average Bonchev–Trinajstić information content (AvgIpc) is 2.60. The van der Waals surface area contributed by atoms with Crippen LogP contribution in [0.5, 0.6) is 0 Å². The molecule has 2 rings (SSSR count). The van der Waals surface area contributed by atoms with Crippen LogP contribution in [0.2, 0.25) is 0 Å². The van der Waals surface area contributed by atoms with Crippen LogP contribution >= 0.6 is 0 Å². The van der Waals surface area contributed by atoms with Crippen molar-refractivity contribution in [1.82, 2.24) is 0 Å². The molecule has 1 aliphatic carbocycles. The lowest BCUT2D eigenvalue weighted by Crippen LogP contribution is -2.22. The van der Waals surface area contributed by atoms with Gasteiger partial charge < -0.3 is 5.11 Å². The van der Waals surface area contributed by atoms with Crippen molar-refractivity contribution in [2.75, 3.05) is 0 Å². The van der Waals surface area contributed by atoms with Crippen molar-refractivity contribution < 1.29 is 27.9 Å². The van der Waals surface area contributed by atoms with E-state index >= 15 is 0 Å². The van der Waals surface area contributed by atoms with E-state index in [-0.39, 0.29) is 5.56 Å². The molecule has 1 aliphatic rings. The van der Waals surface area contributed by atoms with Gasteiger partial charge in [-0.2, -0.15) is 13.2 Å². The van der Waals surface area contributed by atoms with Gasteiger partial charge in [0.05, 0.1) is 0 Å². The smallest absolute Gasteiger partial charge is 0.454 e. The van der Waals surface area contributed by atoms with Crippen molar-refractivity contribution in [1.29, 1.82) is 0 Å². The Morgan fingerprint density at radius 1 is 1.04 bits per heavy atom. The number of carboxylic acids is 1. The highest BCUT2D eigenvalue weighted by Crippen LogP contribution is 2.37. The fourth-order valence-electron chi connectivity index (χ4n) is 3.29. The molecule has 1 saturated carbocycles. The Morgan fingerprint density at radius 2 is 1.65 bits per heavy atom. The number of aliphatic carboxylic acids is 1. The summed E-state index contributed by atoms with van der Waals surface area (Å²) < 4.78 is 37.3. The molecule has 0 radical (unpaired) electrons. The molecule has 0 spiro atoms. The maximum Gasteiger partial charge on any atom is 0.454 e. The Balaban J connectivity index is 1.84. The fourth-order valence-corrected chi connectivity index (χ4v) is 3.29. The third-order valence-corrected chi connectivity index (χ3v) is 4.70. The zero-order valence-electron chi connectivity index (χ0n) is 14.2. The molecule has 3 nitrogen and oxygen atoms in total. The summed E-state index contributed by atoms with van der Waals surface area (Å²) in [6.45, 7) is 0. The van der Waals surface area contributed by atoms with Gasteiger partial charge in [-0.25, -0.2) is 4.79 Å². The molecular weight excluding hydrogens is 345 g/mol. The molecular formula is C20H21F3O3. The van der Waals surface area contributed by atoms with Crippen LogP contribution in [-0.2, 0) is 4.79 Å². The summed E-state index contributed by atoms with van der Waals surface area (Å²) in [5.41, 5.74) is 0.650. The van der Waals surface area contributed by atoms with E-state index in [9.17, 15) is 22.8 Å². The van der Waals surface area contributed by atoms with Gasteiger partial charge in [-0.05, 0) is 49.5 Å². The maximum absolute atomic E-state index is 12.4. The molecule has 1 fully saturated rings. The monoisotopic (exact) mass is 366 g/mol. The van der Waals surface area contributed by atoms with Crippen LogP contribution in [0, 0.1) is 5.92 Å². The van der Waals surface area contributed by atoms with Gasteiger partial charge in [0.2, 0.25) is 0 Å². The normalized spacial score (nSPS) is 21.3. The largest absolute Gasteiger partial charge is 0.478 e. The Kier molecular flexibility index (Phi) is 6.77. The number of ketones is 1. The first-order valence-corrected chi connectivity index (χ1v) is 8.55. The molecule has 0 amide bonds. The second kappa shape index (κ2) is 8.83. The van der Waals surface area contributed by atoms with Crippen LogP contribution in [0.4, 0.5) is 13.2 Å². The quantitative estimate of drug-likeness (QED) is 0.423. The number of halogens is 3. The highest BCUT2D eigenvalue weighted by atomic mass is 19.4. The van der Waals surface area contributed by atoms with Gasteiger partial charge in [-0.3, -0.25) is 4.79 Å². The van der Waals surface area contributed by atoms with Crippen molar-refractivity contribution in [3.63, 3.8) is 0 Å². The van der Waals surface area contributed by atoms with Crippen LogP contribution in [0.1, 0.15) is 53.9 Å². The first-order chi connectivity index (χ1) is 12.3. The third kappa shape index (κ3) is 5.86. The summed E-state index contributed by atoms with van der Waals surface area (Å²) in [4.78, 5) is 21.6. The molecule has 0 atom stereocenters. The van der Waals surface area contributed by atoms with Crippen LogP contribution < -0.4 is 0 Å². The van der Waals surface area contributed by atoms with Gasteiger partial charge in [0, 0.05) is 11.6 Å². The predicted molar refractivity (Wildman–Crippen MR) is 92.1 cm³/mol. The van der Waals surface area contributed by atoms with Crippen LogP contribution in [-0.4, -0.2) is 23.0 Å². The standard InChI is InChI=1S/C20H21F3O3/c21-20(22,23)19(26)17-12-10-16(11-13-17)15-8-6-14(7-9-15)4-2-1-3-5-18(24)25/h1-3,5,10-15H,4,6-9H2,(H,24,25)/b2-1+,5-3+. The van der Waals surface area contributed by atoms with E-state index in [1.165, 1.54) is 18.2 Å². The van der Waals surface area contributed by atoms with Gasteiger partial charge in [0.15, 0.2) is 0 Å². The molecule has 6 heteroatoms. The number of hydrogen-bond donors (Lipinski definition) is 1. The molecule has 0 aliphatic heterocycles. The minimum Gasteiger partial charge on any atom is -0.478 e. The first kappa shape index (κ1) is 19.9. The minimum absolute atomic E-state index is 0.303. The summed E-state index contributed by atoms with van der Waals surface area (Å²) in [5.74, 6) is -1.95. The molecule has 0 bridgehead atoms. The number of carboxylic acid groups (broad SMARTS) is 1. The lowest BCUT2D eigenvalue weighted by atomic mass is 9.77. The van der Waals surface area contributed by atoms with Gasteiger partial charge in [-0.1, -0.05) is 42.5 Å². The SMILES string of the molecule is O=C(O)/C=C/C=C/CC1CCC(c2ccc(C(=O)C(F)(F)F)cc2)CC1. The molecule has 1 aromatic carbocycles. The van der Waals surface area contributed by atoms with Gasteiger partial charge in [-0.15, -0.1) is 0 Å². The number of rotatable bonds is 6. The van der Waals surface area contributed by atoms with Crippen molar-refractivity contribution >= 4 is 11.8 Å². The number of benzene rings is 1. The second-order valence-corrected chi connectivity index (χ2v) is 6.53. The maximum atomic E-state index is 12.4. The summed E-state index contributed by atoms with van der Waals surface area (Å²) in [6, 6.07) is 5.77. The predicted octanol–water partition coefficient (Wildman–Crippen LogP) is 5.29. The van der Waals surface area contributed by atoms with Gasteiger partial charge in [0.1, 0.15) is 0 Å². The summed E-state index contributed by atoms with van der Waals surface area (Å²) in [7, 11) is 0.